The average Bonchev–Trinajstić information content (AvgIpc) is 3.46. The van der Waals surface area contributed by atoms with E-state index >= 15 is 0 Å². The Hall–Kier alpha value is -2.57. The molecular formula is C23H26ClN3O3. The van der Waals surface area contributed by atoms with Gasteiger partial charge in [0.2, 0.25) is 5.91 Å². The van der Waals surface area contributed by atoms with Crippen LogP contribution in [0, 0.1) is 6.92 Å². The van der Waals surface area contributed by atoms with Crippen LogP contribution in [0.3, 0.4) is 0 Å². The Labute approximate surface area is 181 Å². The number of nitrogens with one attached hydrogen (secondary N) is 2. The second-order valence-electron chi connectivity index (χ2n) is 8.33. The maximum atomic E-state index is 12.6. The Bertz CT molecular complexity index is 950. The highest BCUT2D eigenvalue weighted by atomic mass is 35.5. The molecule has 4 rings (SSSR count). The summed E-state index contributed by atoms with van der Waals surface area (Å²) in [6.07, 6.45) is 1.73. The molecule has 7 heteroatoms. The van der Waals surface area contributed by atoms with Crippen molar-refractivity contribution in [2.24, 2.45) is 0 Å². The molecule has 3 amide bonds. The molecule has 158 valence electrons. The number of halogens is 1. The molecule has 0 radical (unpaired) electrons. The minimum absolute atomic E-state index is 0.113. The van der Waals surface area contributed by atoms with Crippen molar-refractivity contribution >= 4 is 29.2 Å². The van der Waals surface area contributed by atoms with Crippen LogP contribution in [0.25, 0.3) is 0 Å². The van der Waals surface area contributed by atoms with Crippen LogP contribution in [0.1, 0.15) is 30.9 Å². The Morgan fingerprint density at radius 3 is 2.43 bits per heavy atom. The zero-order chi connectivity index (χ0) is 21.4. The summed E-state index contributed by atoms with van der Waals surface area (Å²) in [7, 11) is 0. The number of hydrogen-bond donors (Lipinski definition) is 2. The molecule has 0 aromatic heterocycles. The van der Waals surface area contributed by atoms with E-state index in [1.807, 2.05) is 12.1 Å². The van der Waals surface area contributed by atoms with Crippen LogP contribution >= 0.6 is 11.6 Å². The summed E-state index contributed by atoms with van der Waals surface area (Å²) in [6, 6.07) is 15.0. The fourth-order valence-corrected chi connectivity index (χ4v) is 4.33. The van der Waals surface area contributed by atoms with E-state index in [1.54, 1.807) is 29.2 Å². The monoisotopic (exact) mass is 427 g/mol. The molecule has 2 aromatic rings. The SMILES string of the molecule is CC(=O)NC1(C2(OCc3cccc(C)c3)CC2)CN(C(=O)Nc2ccc(Cl)cc2)C1. The summed E-state index contributed by atoms with van der Waals surface area (Å²) in [5, 5.41) is 6.58. The largest absolute Gasteiger partial charge is 0.368 e. The van der Waals surface area contributed by atoms with Crippen molar-refractivity contribution in [1.29, 1.82) is 0 Å². The first-order valence-electron chi connectivity index (χ1n) is 10.1. The van der Waals surface area contributed by atoms with Gasteiger partial charge in [0.25, 0.3) is 0 Å². The van der Waals surface area contributed by atoms with E-state index in [9.17, 15) is 9.59 Å². The van der Waals surface area contributed by atoms with Crippen molar-refractivity contribution in [3.05, 3.63) is 64.7 Å². The fraction of sp³-hybridized carbons (Fsp3) is 0.391. The number of anilines is 1. The highest BCUT2D eigenvalue weighted by molar-refractivity contribution is 6.30. The summed E-state index contributed by atoms with van der Waals surface area (Å²) in [6.45, 7) is 4.88. The van der Waals surface area contributed by atoms with Crippen molar-refractivity contribution in [3.8, 4) is 0 Å². The molecule has 30 heavy (non-hydrogen) atoms. The molecule has 2 aliphatic rings. The smallest absolute Gasteiger partial charge is 0.322 e. The van der Waals surface area contributed by atoms with E-state index in [-0.39, 0.29) is 11.9 Å². The van der Waals surface area contributed by atoms with Crippen LogP contribution in [0.4, 0.5) is 10.5 Å². The molecule has 1 aliphatic carbocycles. The Kier molecular flexibility index (Phi) is 5.47. The van der Waals surface area contributed by atoms with Gasteiger partial charge in [-0.15, -0.1) is 0 Å². The predicted octanol–water partition coefficient (Wildman–Crippen LogP) is 4.12. The standard InChI is InChI=1S/C23H26ClN3O3/c1-16-4-3-5-18(12-16)13-30-23(10-11-23)22(26-17(2)28)14-27(15-22)21(29)25-20-8-6-19(24)7-9-20/h3-9,12H,10-11,13-15H2,1-2H3,(H,25,29)(H,26,28). The molecule has 2 aromatic carbocycles. The number of benzene rings is 2. The van der Waals surface area contributed by atoms with E-state index in [0.717, 1.165) is 18.4 Å². The van der Waals surface area contributed by atoms with Gasteiger partial charge in [0, 0.05) is 17.6 Å². The highest BCUT2D eigenvalue weighted by Crippen LogP contribution is 2.52. The lowest BCUT2D eigenvalue weighted by Crippen LogP contribution is -2.77. The third-order valence-electron chi connectivity index (χ3n) is 5.89. The molecule has 1 saturated carbocycles. The molecule has 0 bridgehead atoms. The van der Waals surface area contributed by atoms with Crippen molar-refractivity contribution < 1.29 is 14.3 Å². The Balaban J connectivity index is 1.42. The molecule has 0 atom stereocenters. The molecule has 6 nitrogen and oxygen atoms in total. The first kappa shape index (κ1) is 20.7. The number of aryl methyl sites for hydroxylation is 1. The van der Waals surface area contributed by atoms with Crippen LogP contribution in [-0.2, 0) is 16.1 Å². The Morgan fingerprint density at radius 2 is 1.83 bits per heavy atom. The number of nitrogens with zero attached hydrogens (tertiary/aromatic N) is 1. The maximum Gasteiger partial charge on any atom is 0.322 e. The second kappa shape index (κ2) is 7.93. The summed E-state index contributed by atoms with van der Waals surface area (Å²) >= 11 is 5.90. The summed E-state index contributed by atoms with van der Waals surface area (Å²) < 4.78 is 6.36. The molecule has 0 unspecified atom stereocenters. The lowest BCUT2D eigenvalue weighted by atomic mass is 9.81. The van der Waals surface area contributed by atoms with Crippen LogP contribution in [0.5, 0.6) is 0 Å². The molecule has 2 N–H and O–H groups in total. The molecule has 1 saturated heterocycles. The summed E-state index contributed by atoms with van der Waals surface area (Å²) in [4.78, 5) is 26.3. The number of likely N-dealkylation sites (tertiary alicyclic amines) is 1. The Morgan fingerprint density at radius 1 is 1.13 bits per heavy atom. The van der Waals surface area contributed by atoms with Crippen LogP contribution in [0.15, 0.2) is 48.5 Å². The molecule has 2 fully saturated rings. The van der Waals surface area contributed by atoms with E-state index in [4.69, 9.17) is 16.3 Å². The minimum atomic E-state index is -0.556. The molecule has 1 aliphatic heterocycles. The van der Waals surface area contributed by atoms with Gasteiger partial charge in [0.15, 0.2) is 0 Å². The van der Waals surface area contributed by atoms with Crippen molar-refractivity contribution in [1.82, 2.24) is 10.2 Å². The maximum absolute atomic E-state index is 12.6. The van der Waals surface area contributed by atoms with Gasteiger partial charge >= 0.3 is 6.03 Å². The third-order valence-corrected chi connectivity index (χ3v) is 6.15. The van der Waals surface area contributed by atoms with Gasteiger partial charge in [0.05, 0.1) is 25.3 Å². The lowest BCUT2D eigenvalue weighted by molar-refractivity contribution is -0.134. The first-order chi connectivity index (χ1) is 14.3. The number of carbonyl (C=O) groups is 2. The number of urea groups is 1. The van der Waals surface area contributed by atoms with E-state index in [1.165, 1.54) is 12.5 Å². The van der Waals surface area contributed by atoms with E-state index < -0.39 is 11.1 Å². The van der Waals surface area contributed by atoms with Gasteiger partial charge in [-0.1, -0.05) is 41.4 Å². The third kappa shape index (κ3) is 4.16. The van der Waals surface area contributed by atoms with E-state index in [0.29, 0.717) is 30.4 Å². The van der Waals surface area contributed by atoms with Crippen LogP contribution < -0.4 is 10.6 Å². The molecule has 0 spiro atoms. The zero-order valence-corrected chi connectivity index (χ0v) is 18.0. The predicted molar refractivity (Wildman–Crippen MR) is 117 cm³/mol. The van der Waals surface area contributed by atoms with Crippen LogP contribution in [0.2, 0.25) is 5.02 Å². The van der Waals surface area contributed by atoms with Gasteiger partial charge in [-0.2, -0.15) is 0 Å². The summed E-state index contributed by atoms with van der Waals surface area (Å²) in [5.74, 6) is -0.113. The topological polar surface area (TPSA) is 70.7 Å². The molecular weight excluding hydrogens is 402 g/mol. The van der Waals surface area contributed by atoms with Gasteiger partial charge in [0.1, 0.15) is 5.54 Å². The van der Waals surface area contributed by atoms with Gasteiger partial charge in [-0.25, -0.2) is 4.79 Å². The van der Waals surface area contributed by atoms with E-state index in [2.05, 4.69) is 29.7 Å². The number of amides is 3. The number of ether oxygens (including phenoxy) is 1. The average molecular weight is 428 g/mol. The number of carbonyl (C=O) groups excluding carboxylic acids is 2. The van der Waals surface area contributed by atoms with Gasteiger partial charge in [-0.05, 0) is 49.6 Å². The quantitative estimate of drug-likeness (QED) is 0.728. The van der Waals surface area contributed by atoms with Crippen molar-refractivity contribution in [2.45, 2.75) is 44.4 Å². The van der Waals surface area contributed by atoms with Gasteiger partial charge < -0.3 is 20.3 Å². The second-order valence-corrected chi connectivity index (χ2v) is 8.76. The van der Waals surface area contributed by atoms with Crippen molar-refractivity contribution in [3.63, 3.8) is 0 Å². The minimum Gasteiger partial charge on any atom is -0.368 e. The zero-order valence-electron chi connectivity index (χ0n) is 17.2. The molecule has 1 heterocycles. The number of hydrogen-bond acceptors (Lipinski definition) is 3. The normalized spacial score (nSPS) is 18.3. The summed E-state index contributed by atoms with van der Waals surface area (Å²) in [5.41, 5.74) is 1.99. The highest BCUT2D eigenvalue weighted by Gasteiger charge is 2.67. The van der Waals surface area contributed by atoms with Crippen molar-refractivity contribution in [2.75, 3.05) is 18.4 Å². The van der Waals surface area contributed by atoms with Gasteiger partial charge in [-0.3, -0.25) is 4.79 Å². The first-order valence-corrected chi connectivity index (χ1v) is 10.5. The lowest BCUT2D eigenvalue weighted by Gasteiger charge is -2.54. The van der Waals surface area contributed by atoms with Crippen LogP contribution in [-0.4, -0.2) is 41.1 Å². The fourth-order valence-electron chi connectivity index (χ4n) is 4.20. The number of rotatable bonds is 6.